The molecule has 3 N–H and O–H groups in total. The lowest BCUT2D eigenvalue weighted by Crippen LogP contribution is -2.49. The average molecular weight is 532 g/mol. The Kier molecular flexibility index (Phi) is 7.31. The van der Waals surface area contributed by atoms with Crippen LogP contribution < -0.4 is 15.4 Å². The van der Waals surface area contributed by atoms with Crippen molar-refractivity contribution in [2.24, 2.45) is 4.99 Å². The number of carbonyl (C=O) groups excluding carboxylic acids is 1. The second kappa shape index (κ2) is 10.5. The normalized spacial score (nSPS) is 26.8. The van der Waals surface area contributed by atoms with Crippen LogP contribution in [0.2, 0.25) is 5.02 Å². The van der Waals surface area contributed by atoms with Crippen molar-refractivity contribution in [2.45, 2.75) is 43.3 Å². The van der Waals surface area contributed by atoms with E-state index in [1.54, 1.807) is 0 Å². The molecule has 37 heavy (non-hydrogen) atoms. The number of alkyl halides is 1. The number of nitrogens with zero attached hydrogens (tertiary/aromatic N) is 1. The Bertz CT molecular complexity index is 1250. The summed E-state index contributed by atoms with van der Waals surface area (Å²) in [7, 11) is 1.41. The van der Waals surface area contributed by atoms with Gasteiger partial charge < -0.3 is 25.2 Å². The summed E-state index contributed by atoms with van der Waals surface area (Å²) >= 11 is 6.54. The van der Waals surface area contributed by atoms with Gasteiger partial charge in [0.25, 0.3) is 5.91 Å². The van der Waals surface area contributed by atoms with Crippen molar-refractivity contribution in [3.8, 4) is 5.75 Å². The lowest BCUT2D eigenvalue weighted by molar-refractivity contribution is -0.116. The van der Waals surface area contributed by atoms with E-state index in [4.69, 9.17) is 26.2 Å². The van der Waals surface area contributed by atoms with Crippen molar-refractivity contribution >= 4 is 29.3 Å². The summed E-state index contributed by atoms with van der Waals surface area (Å²) in [6, 6.07) is 10.8. The number of hydrogen-bond donors (Lipinski definition) is 3. The van der Waals surface area contributed by atoms with E-state index in [1.165, 1.54) is 19.3 Å². The predicted molar refractivity (Wildman–Crippen MR) is 136 cm³/mol. The number of aliphatic hydroxyl groups excluding tert-OH is 1. The van der Waals surface area contributed by atoms with E-state index < -0.39 is 29.7 Å². The number of rotatable bonds is 7. The second-order valence-electron chi connectivity index (χ2n) is 9.28. The lowest BCUT2D eigenvalue weighted by Gasteiger charge is -2.35. The molecule has 1 amide bonds. The molecule has 1 fully saturated rings. The van der Waals surface area contributed by atoms with Crippen LogP contribution >= 0.6 is 11.6 Å². The molecule has 2 aromatic carbocycles. The number of amides is 1. The van der Waals surface area contributed by atoms with Gasteiger partial charge in [0.15, 0.2) is 18.0 Å². The zero-order chi connectivity index (χ0) is 26.2. The molecule has 0 saturated carbocycles. The van der Waals surface area contributed by atoms with E-state index in [1.807, 2.05) is 30.3 Å². The number of aliphatic imine (C=N–C) groups is 1. The Balaban J connectivity index is 1.69. The highest BCUT2D eigenvalue weighted by atomic mass is 35.5. The maximum atomic E-state index is 16.1. The van der Waals surface area contributed by atoms with Gasteiger partial charge in [-0.05, 0) is 24.9 Å². The summed E-state index contributed by atoms with van der Waals surface area (Å²) in [4.78, 5) is 16.8. The van der Waals surface area contributed by atoms with Gasteiger partial charge in [-0.1, -0.05) is 41.9 Å². The smallest absolute Gasteiger partial charge is 0.252 e. The van der Waals surface area contributed by atoms with Gasteiger partial charge in [0.2, 0.25) is 0 Å². The maximum absolute atomic E-state index is 16.1. The van der Waals surface area contributed by atoms with Gasteiger partial charge in [-0.2, -0.15) is 0 Å². The molecule has 0 spiro atoms. The Hall–Kier alpha value is -2.85. The highest BCUT2D eigenvalue weighted by molar-refractivity contribution is 6.33. The van der Waals surface area contributed by atoms with Crippen LogP contribution in [0.4, 0.5) is 8.78 Å². The number of benzene rings is 2. The molecule has 2 aromatic rings. The van der Waals surface area contributed by atoms with Crippen LogP contribution in [0.15, 0.2) is 47.0 Å². The summed E-state index contributed by atoms with van der Waals surface area (Å²) in [5, 5.41) is 14.8. The van der Waals surface area contributed by atoms with Gasteiger partial charge in [-0.3, -0.25) is 9.79 Å². The monoisotopic (exact) mass is 531 g/mol. The number of hydrogen-bond acceptors (Lipinski definition) is 6. The zero-order valence-corrected chi connectivity index (χ0v) is 21.0. The standard InChI is InChI=1S/C27H28ClF2N3O4/c1-31-25(35)17-14-33-26(36-11-10-34)24(30)22(17)21-16-13-27(20-8-5-9-32-20,15-6-3-2-4-7-15)37-19(16)12-18(29)23(21)28/h2-4,6-7,12,14,20,24,26,32,34H,5,8-11,13H2,1H3,(H,31,35)/t20-,24?,26?,27-/m0/s1. The Labute approximate surface area is 218 Å². The SMILES string of the molecule is CNC(=O)C1=C(c2c(Cl)c(F)cc3c2C[C@](c2ccccc2)([C@@H]2CCCN2)O3)C(F)C(OCCO)N=C1. The first-order chi connectivity index (χ1) is 17.9. The highest BCUT2D eigenvalue weighted by Gasteiger charge is 2.50. The second-order valence-corrected chi connectivity index (χ2v) is 9.66. The van der Waals surface area contributed by atoms with Gasteiger partial charge in [0.05, 0.1) is 29.9 Å². The number of ether oxygens (including phenoxy) is 2. The molecule has 2 unspecified atom stereocenters. The van der Waals surface area contributed by atoms with Crippen LogP contribution in [-0.2, 0) is 21.6 Å². The van der Waals surface area contributed by atoms with E-state index in [0.29, 0.717) is 5.56 Å². The fourth-order valence-electron chi connectivity index (χ4n) is 5.52. The number of likely N-dealkylation sites (N-methyl/N-ethyl adjacent to an activating group) is 1. The number of fused-ring (bicyclic) bond motifs is 1. The first-order valence-electron chi connectivity index (χ1n) is 12.3. The topological polar surface area (TPSA) is 92.2 Å². The molecule has 0 aliphatic carbocycles. The van der Waals surface area contributed by atoms with Crippen LogP contribution in [0, 0.1) is 5.82 Å². The average Bonchev–Trinajstić information content (AvgIpc) is 3.58. The molecule has 3 heterocycles. The van der Waals surface area contributed by atoms with Gasteiger partial charge >= 0.3 is 0 Å². The number of carbonyl (C=O) groups is 1. The fourth-order valence-corrected chi connectivity index (χ4v) is 5.79. The van der Waals surface area contributed by atoms with E-state index in [2.05, 4.69) is 15.6 Å². The summed E-state index contributed by atoms with van der Waals surface area (Å²) < 4.78 is 43.3. The van der Waals surface area contributed by atoms with Crippen LogP contribution in [0.25, 0.3) is 5.57 Å². The molecule has 5 rings (SSSR count). The van der Waals surface area contributed by atoms with E-state index in [-0.39, 0.29) is 53.2 Å². The fraction of sp³-hybridized carbons (Fsp3) is 0.407. The zero-order valence-electron chi connectivity index (χ0n) is 20.3. The molecule has 3 aliphatic heterocycles. The van der Waals surface area contributed by atoms with E-state index in [9.17, 15) is 4.79 Å². The van der Waals surface area contributed by atoms with Gasteiger partial charge in [0, 0.05) is 42.4 Å². The maximum Gasteiger partial charge on any atom is 0.252 e. The summed E-state index contributed by atoms with van der Waals surface area (Å²) in [5.41, 5.74) is 0.414. The Morgan fingerprint density at radius 2 is 2.16 bits per heavy atom. The third-order valence-corrected chi connectivity index (χ3v) is 7.56. The van der Waals surface area contributed by atoms with Crippen molar-refractivity contribution in [3.05, 3.63) is 69.5 Å². The molecule has 7 nitrogen and oxygen atoms in total. The number of dihydropyridines is 1. The van der Waals surface area contributed by atoms with Crippen LogP contribution in [0.3, 0.4) is 0 Å². The Morgan fingerprint density at radius 1 is 1.38 bits per heavy atom. The van der Waals surface area contributed by atoms with Gasteiger partial charge in [-0.15, -0.1) is 0 Å². The van der Waals surface area contributed by atoms with E-state index >= 15 is 8.78 Å². The van der Waals surface area contributed by atoms with Crippen LogP contribution in [0.1, 0.15) is 29.5 Å². The van der Waals surface area contributed by atoms with E-state index in [0.717, 1.165) is 24.9 Å². The van der Waals surface area contributed by atoms with Crippen molar-refractivity contribution in [1.82, 2.24) is 10.6 Å². The molecular formula is C27H28ClF2N3O4. The molecular weight excluding hydrogens is 504 g/mol. The first-order valence-corrected chi connectivity index (χ1v) is 12.6. The molecule has 0 bridgehead atoms. The molecule has 0 radical (unpaired) electrons. The first kappa shape index (κ1) is 25.8. The van der Waals surface area contributed by atoms with Crippen molar-refractivity contribution in [3.63, 3.8) is 0 Å². The number of halogens is 3. The molecule has 4 atom stereocenters. The predicted octanol–water partition coefficient (Wildman–Crippen LogP) is 3.32. The van der Waals surface area contributed by atoms with Crippen LogP contribution in [0.5, 0.6) is 5.75 Å². The van der Waals surface area contributed by atoms with Crippen molar-refractivity contribution in [1.29, 1.82) is 0 Å². The van der Waals surface area contributed by atoms with Crippen molar-refractivity contribution < 1.29 is 28.2 Å². The minimum atomic E-state index is -1.94. The minimum absolute atomic E-state index is 0.0703. The number of nitrogens with one attached hydrogen (secondary N) is 2. The largest absolute Gasteiger partial charge is 0.480 e. The van der Waals surface area contributed by atoms with Gasteiger partial charge in [-0.25, -0.2) is 8.78 Å². The third-order valence-electron chi connectivity index (χ3n) is 7.19. The molecule has 10 heteroatoms. The minimum Gasteiger partial charge on any atom is -0.480 e. The molecule has 1 saturated heterocycles. The quantitative estimate of drug-likeness (QED) is 0.510. The molecule has 196 valence electrons. The van der Waals surface area contributed by atoms with Crippen LogP contribution in [-0.4, -0.2) is 62.5 Å². The van der Waals surface area contributed by atoms with Crippen molar-refractivity contribution in [2.75, 3.05) is 26.8 Å². The summed E-state index contributed by atoms with van der Waals surface area (Å²) in [5.74, 6) is -1.13. The highest BCUT2D eigenvalue weighted by Crippen LogP contribution is 2.51. The molecule has 0 aromatic heterocycles. The Morgan fingerprint density at radius 3 is 2.84 bits per heavy atom. The summed E-state index contributed by atoms with van der Waals surface area (Å²) in [6.45, 7) is 0.325. The number of aliphatic hydroxyl groups is 1. The lowest BCUT2D eigenvalue weighted by atomic mass is 9.79. The van der Waals surface area contributed by atoms with Gasteiger partial charge in [0.1, 0.15) is 11.6 Å². The third kappa shape index (κ3) is 4.44. The molecule has 3 aliphatic rings. The summed E-state index contributed by atoms with van der Waals surface area (Å²) in [6.07, 6.45) is 0.0246.